The van der Waals surface area contributed by atoms with Gasteiger partial charge in [0, 0.05) is 12.6 Å². The van der Waals surface area contributed by atoms with Gasteiger partial charge in [0.25, 0.3) is 5.69 Å². The number of rotatable bonds is 4. The molecule has 2 aromatic rings. The summed E-state index contributed by atoms with van der Waals surface area (Å²) in [5, 5.41) is 10.8. The Morgan fingerprint density at radius 1 is 1.21 bits per heavy atom. The van der Waals surface area contributed by atoms with Crippen molar-refractivity contribution in [1.29, 1.82) is 0 Å². The van der Waals surface area contributed by atoms with Gasteiger partial charge in [0.1, 0.15) is 11.5 Å². The van der Waals surface area contributed by atoms with Gasteiger partial charge in [-0.25, -0.2) is 0 Å². The highest BCUT2D eigenvalue weighted by Gasteiger charge is 2.09. The van der Waals surface area contributed by atoms with Gasteiger partial charge in [-0.3, -0.25) is 10.1 Å². The maximum absolute atomic E-state index is 10.8. The third-order valence-electron chi connectivity index (χ3n) is 2.62. The minimum Gasteiger partial charge on any atom is -0.457 e. The molecule has 0 saturated carbocycles. The first kappa shape index (κ1) is 13.0. The Labute approximate surface area is 110 Å². The van der Waals surface area contributed by atoms with Gasteiger partial charge in [-0.05, 0) is 36.2 Å². The summed E-state index contributed by atoms with van der Waals surface area (Å²) in [6.45, 7) is 2.21. The van der Waals surface area contributed by atoms with E-state index in [4.69, 9.17) is 10.5 Å². The number of nitrogens with two attached hydrogens (primary N) is 1. The Hall–Kier alpha value is -2.40. The molecule has 0 aliphatic rings. The van der Waals surface area contributed by atoms with Crippen molar-refractivity contribution in [2.45, 2.75) is 13.5 Å². The smallest absolute Gasteiger partial charge is 0.273 e. The Bertz CT molecular complexity index is 611. The van der Waals surface area contributed by atoms with Gasteiger partial charge < -0.3 is 10.5 Å². The number of nitro benzene ring substituents is 1. The van der Waals surface area contributed by atoms with E-state index in [9.17, 15) is 10.1 Å². The minimum atomic E-state index is -0.434. The summed E-state index contributed by atoms with van der Waals surface area (Å²) in [7, 11) is 0. The van der Waals surface area contributed by atoms with E-state index in [1.54, 1.807) is 19.1 Å². The van der Waals surface area contributed by atoms with Crippen molar-refractivity contribution in [1.82, 2.24) is 0 Å². The fraction of sp³-hybridized carbons (Fsp3) is 0.143. The fourth-order valence-corrected chi connectivity index (χ4v) is 1.76. The van der Waals surface area contributed by atoms with Crippen molar-refractivity contribution in [3.05, 3.63) is 63.7 Å². The van der Waals surface area contributed by atoms with E-state index >= 15 is 0 Å². The predicted molar refractivity (Wildman–Crippen MR) is 72.2 cm³/mol. The molecule has 0 aliphatic carbocycles. The summed E-state index contributed by atoms with van der Waals surface area (Å²) in [5.74, 6) is 1.06. The molecule has 5 nitrogen and oxygen atoms in total. The number of benzene rings is 2. The van der Waals surface area contributed by atoms with Crippen LogP contribution in [0.15, 0.2) is 42.5 Å². The van der Waals surface area contributed by atoms with E-state index in [1.807, 2.05) is 18.2 Å². The number of hydrogen-bond donors (Lipinski definition) is 1. The number of aryl methyl sites for hydroxylation is 1. The Balaban J connectivity index is 2.29. The maximum Gasteiger partial charge on any atom is 0.273 e. The van der Waals surface area contributed by atoms with Crippen LogP contribution in [0.25, 0.3) is 0 Å². The first-order valence-electron chi connectivity index (χ1n) is 5.81. The second-order valence-corrected chi connectivity index (χ2v) is 4.21. The van der Waals surface area contributed by atoms with Crippen LogP contribution in [0, 0.1) is 17.0 Å². The molecule has 0 amide bonds. The molecule has 0 aromatic heterocycles. The van der Waals surface area contributed by atoms with Crippen LogP contribution in [0.5, 0.6) is 11.5 Å². The van der Waals surface area contributed by atoms with Gasteiger partial charge in [0.05, 0.1) is 11.0 Å². The molecule has 98 valence electrons. The molecule has 0 unspecified atom stereocenters. The summed E-state index contributed by atoms with van der Waals surface area (Å²) in [5.41, 5.74) is 7.29. The Morgan fingerprint density at radius 3 is 2.68 bits per heavy atom. The summed E-state index contributed by atoms with van der Waals surface area (Å²) in [4.78, 5) is 10.4. The van der Waals surface area contributed by atoms with Gasteiger partial charge in [-0.1, -0.05) is 12.1 Å². The van der Waals surface area contributed by atoms with E-state index in [2.05, 4.69) is 0 Å². The second kappa shape index (κ2) is 5.49. The lowest BCUT2D eigenvalue weighted by atomic mass is 10.2. The lowest BCUT2D eigenvalue weighted by molar-refractivity contribution is -0.385. The van der Waals surface area contributed by atoms with Crippen LogP contribution in [0.1, 0.15) is 11.1 Å². The number of nitrogens with zero attached hydrogens (tertiary/aromatic N) is 1. The van der Waals surface area contributed by atoms with E-state index in [0.29, 0.717) is 18.0 Å². The van der Waals surface area contributed by atoms with Crippen LogP contribution in [-0.2, 0) is 6.54 Å². The average molecular weight is 258 g/mol. The van der Waals surface area contributed by atoms with Gasteiger partial charge in [0.2, 0.25) is 0 Å². The Kier molecular flexibility index (Phi) is 3.77. The van der Waals surface area contributed by atoms with E-state index in [1.165, 1.54) is 12.1 Å². The summed E-state index contributed by atoms with van der Waals surface area (Å²) >= 11 is 0. The molecule has 2 rings (SSSR count). The molecular formula is C14H14N2O3. The zero-order valence-corrected chi connectivity index (χ0v) is 10.5. The quantitative estimate of drug-likeness (QED) is 0.675. The first-order valence-corrected chi connectivity index (χ1v) is 5.81. The van der Waals surface area contributed by atoms with Crippen molar-refractivity contribution in [2.75, 3.05) is 0 Å². The molecule has 2 N–H and O–H groups in total. The van der Waals surface area contributed by atoms with Gasteiger partial charge in [0.15, 0.2) is 0 Å². The van der Waals surface area contributed by atoms with Crippen LogP contribution in [-0.4, -0.2) is 4.92 Å². The van der Waals surface area contributed by atoms with Crippen molar-refractivity contribution < 1.29 is 9.66 Å². The van der Waals surface area contributed by atoms with Crippen molar-refractivity contribution in [3.63, 3.8) is 0 Å². The number of nitro groups is 1. The molecule has 0 atom stereocenters. The van der Waals surface area contributed by atoms with Crippen LogP contribution >= 0.6 is 0 Å². The van der Waals surface area contributed by atoms with Crippen molar-refractivity contribution in [2.24, 2.45) is 5.73 Å². The largest absolute Gasteiger partial charge is 0.457 e. The van der Waals surface area contributed by atoms with E-state index in [-0.39, 0.29) is 5.69 Å². The number of hydrogen-bond acceptors (Lipinski definition) is 4. The maximum atomic E-state index is 10.8. The van der Waals surface area contributed by atoms with Crippen LogP contribution in [0.4, 0.5) is 5.69 Å². The Morgan fingerprint density at radius 2 is 2.00 bits per heavy atom. The molecule has 0 radical (unpaired) electrons. The molecular weight excluding hydrogens is 244 g/mol. The van der Waals surface area contributed by atoms with Crippen molar-refractivity contribution in [3.8, 4) is 11.5 Å². The highest BCUT2D eigenvalue weighted by atomic mass is 16.6. The average Bonchev–Trinajstić information content (AvgIpc) is 2.38. The van der Waals surface area contributed by atoms with Gasteiger partial charge in [-0.15, -0.1) is 0 Å². The zero-order valence-electron chi connectivity index (χ0n) is 10.5. The molecule has 19 heavy (non-hydrogen) atoms. The molecule has 5 heteroatoms. The topological polar surface area (TPSA) is 78.4 Å². The second-order valence-electron chi connectivity index (χ2n) is 4.21. The molecule has 0 saturated heterocycles. The third kappa shape index (κ3) is 3.29. The minimum absolute atomic E-state index is 0.0185. The molecule has 0 aliphatic heterocycles. The molecule has 2 aromatic carbocycles. The first-order chi connectivity index (χ1) is 9.08. The standard InChI is InChI=1S/C14H14N2O3/c1-10-5-12(16(17)18)8-14(6-10)19-13-4-2-3-11(7-13)9-15/h2-8H,9,15H2,1H3. The number of ether oxygens (including phenoxy) is 1. The summed E-state index contributed by atoms with van der Waals surface area (Å²) < 4.78 is 5.63. The molecule has 0 fully saturated rings. The highest BCUT2D eigenvalue weighted by molar-refractivity contribution is 5.44. The van der Waals surface area contributed by atoms with Crippen LogP contribution < -0.4 is 10.5 Å². The highest BCUT2D eigenvalue weighted by Crippen LogP contribution is 2.27. The number of non-ortho nitro benzene ring substituents is 1. The lowest BCUT2D eigenvalue weighted by Crippen LogP contribution is -1.96. The monoisotopic (exact) mass is 258 g/mol. The predicted octanol–water partition coefficient (Wildman–Crippen LogP) is 3.15. The van der Waals surface area contributed by atoms with Gasteiger partial charge >= 0.3 is 0 Å². The van der Waals surface area contributed by atoms with E-state index in [0.717, 1.165) is 11.1 Å². The third-order valence-corrected chi connectivity index (χ3v) is 2.62. The van der Waals surface area contributed by atoms with Gasteiger partial charge in [-0.2, -0.15) is 0 Å². The molecule has 0 heterocycles. The lowest BCUT2D eigenvalue weighted by Gasteiger charge is -2.07. The van der Waals surface area contributed by atoms with E-state index < -0.39 is 4.92 Å². The fourth-order valence-electron chi connectivity index (χ4n) is 1.76. The normalized spacial score (nSPS) is 10.2. The van der Waals surface area contributed by atoms with Crippen molar-refractivity contribution >= 4 is 5.69 Å². The van der Waals surface area contributed by atoms with Crippen LogP contribution in [0.2, 0.25) is 0 Å². The molecule has 0 bridgehead atoms. The summed E-state index contributed by atoms with van der Waals surface area (Å²) in [6.07, 6.45) is 0. The SMILES string of the molecule is Cc1cc(Oc2cccc(CN)c2)cc([N+](=O)[O-])c1. The zero-order chi connectivity index (χ0) is 13.8. The molecule has 0 spiro atoms. The van der Waals surface area contributed by atoms with Crippen LogP contribution in [0.3, 0.4) is 0 Å². The summed E-state index contributed by atoms with van der Waals surface area (Å²) in [6, 6.07) is 12.0.